The van der Waals surface area contributed by atoms with Crippen molar-refractivity contribution in [1.29, 1.82) is 0 Å². The third-order valence-electron chi connectivity index (χ3n) is 7.36. The third-order valence-corrected chi connectivity index (χ3v) is 7.88. The second kappa shape index (κ2) is 9.82. The van der Waals surface area contributed by atoms with E-state index in [0.717, 1.165) is 22.1 Å². The van der Waals surface area contributed by atoms with Crippen molar-refractivity contribution in [2.75, 3.05) is 10.0 Å². The molecule has 43 heavy (non-hydrogen) atoms. The molecule has 0 aliphatic carbocycles. The number of fused-ring (bicyclic) bond motifs is 3. The van der Waals surface area contributed by atoms with Crippen molar-refractivity contribution in [3.05, 3.63) is 101 Å². The van der Waals surface area contributed by atoms with E-state index in [1.807, 2.05) is 56.3 Å². The highest BCUT2D eigenvalue weighted by Gasteiger charge is 2.23. The zero-order valence-corrected chi connectivity index (χ0v) is 23.8. The second-order valence-corrected chi connectivity index (χ2v) is 11.5. The summed E-state index contributed by atoms with van der Waals surface area (Å²) in [5.41, 5.74) is 4.88. The number of nitrogens with one attached hydrogen (secondary N) is 4. The van der Waals surface area contributed by atoms with Crippen LogP contribution in [0.15, 0.2) is 84.3 Å². The summed E-state index contributed by atoms with van der Waals surface area (Å²) >= 11 is 0. The van der Waals surface area contributed by atoms with Gasteiger partial charge in [0.2, 0.25) is 0 Å². The van der Waals surface area contributed by atoms with Crippen LogP contribution in [0.5, 0.6) is 0 Å². The molecule has 0 bridgehead atoms. The summed E-state index contributed by atoms with van der Waals surface area (Å²) in [6, 6.07) is 16.0. The summed E-state index contributed by atoms with van der Waals surface area (Å²) in [6.45, 7) is 3.79. The lowest BCUT2D eigenvalue weighted by atomic mass is 10.0. The maximum atomic E-state index is 13.8. The fourth-order valence-electron chi connectivity index (χ4n) is 5.51. The summed E-state index contributed by atoms with van der Waals surface area (Å²) in [4.78, 5) is 29.1. The number of hydrogen-bond donors (Lipinski definition) is 5. The Kier molecular flexibility index (Phi) is 6.04. The zero-order valence-electron chi connectivity index (χ0n) is 23.0. The summed E-state index contributed by atoms with van der Waals surface area (Å²) in [6.07, 6.45) is 6.79. The molecule has 0 spiro atoms. The normalized spacial score (nSPS) is 12.7. The van der Waals surface area contributed by atoms with Gasteiger partial charge in [-0.2, -0.15) is 13.5 Å². The molecule has 14 heteroatoms. The Morgan fingerprint density at radius 2 is 1.84 bits per heavy atom. The second-order valence-electron chi connectivity index (χ2n) is 10.3. The van der Waals surface area contributed by atoms with Gasteiger partial charge in [-0.15, -0.1) is 0 Å². The average molecular weight is 595 g/mol. The van der Waals surface area contributed by atoms with Gasteiger partial charge in [0, 0.05) is 35.1 Å². The van der Waals surface area contributed by atoms with Gasteiger partial charge in [0.1, 0.15) is 23.3 Å². The van der Waals surface area contributed by atoms with E-state index in [9.17, 15) is 13.2 Å². The molecular weight excluding hydrogens is 568 g/mol. The van der Waals surface area contributed by atoms with Crippen molar-refractivity contribution >= 4 is 49.2 Å². The van der Waals surface area contributed by atoms with E-state index < -0.39 is 16.3 Å². The first kappa shape index (κ1) is 26.4. The Hall–Kier alpha value is -5.47. The first-order valence-corrected chi connectivity index (χ1v) is 14.9. The number of anilines is 2. The van der Waals surface area contributed by atoms with Gasteiger partial charge < -0.3 is 15.3 Å². The quantitative estimate of drug-likeness (QED) is 0.185. The van der Waals surface area contributed by atoms with Crippen LogP contribution in [0.25, 0.3) is 44.3 Å². The molecule has 1 atom stereocenters. The number of para-hydroxylation sites is 1. The minimum atomic E-state index is -4.00. The molecule has 0 saturated heterocycles. The number of aromatic amines is 2. The maximum absolute atomic E-state index is 13.8. The number of benzene rings is 2. The molecule has 0 aliphatic heterocycles. The molecule has 6 N–H and O–H groups in total. The smallest absolute Gasteiger partial charge is 0.296 e. The van der Waals surface area contributed by atoms with Gasteiger partial charge in [-0.3, -0.25) is 14.1 Å². The van der Waals surface area contributed by atoms with Crippen LogP contribution in [0.3, 0.4) is 0 Å². The minimum Gasteiger partial charge on any atom is -0.361 e. The average Bonchev–Trinajstić information content (AvgIpc) is 3.71. The first-order chi connectivity index (χ1) is 20.7. The molecule has 5 aromatic heterocycles. The van der Waals surface area contributed by atoms with Gasteiger partial charge in [0.05, 0.1) is 22.8 Å². The molecule has 0 amide bonds. The van der Waals surface area contributed by atoms with Crippen molar-refractivity contribution < 1.29 is 8.42 Å². The lowest BCUT2D eigenvalue weighted by Gasteiger charge is -2.20. The molecule has 5 heterocycles. The highest BCUT2D eigenvalue weighted by molar-refractivity contribution is 7.90. The summed E-state index contributed by atoms with van der Waals surface area (Å²) in [5.74, 6) is 0.982. The van der Waals surface area contributed by atoms with Crippen LogP contribution in [0, 0.1) is 6.92 Å². The molecule has 13 nitrogen and oxygen atoms in total. The Morgan fingerprint density at radius 3 is 2.63 bits per heavy atom. The molecule has 216 valence electrons. The fraction of sp³-hybridized carbons (Fsp3) is 0.103. The standard InChI is InChI=1S/C29H26N10O3S/c1-16-9-11-38-25(16)29(40)39(19-6-4-3-5-7-19)28(36-38)17(2)35-27-24-22(14-32-26(24)33-15-34-27)21-12-18(37-43(30,41)42)13-23-20(21)8-10-31-23/h3-15,17,31,37H,1-2H3,(H2,30,41,42)(H2,32,33,34,35)/t17-/m0/s1. The summed E-state index contributed by atoms with van der Waals surface area (Å²) < 4.78 is 29.2. The Morgan fingerprint density at radius 1 is 1.02 bits per heavy atom. The highest BCUT2D eigenvalue weighted by Crippen LogP contribution is 2.38. The predicted molar refractivity (Wildman–Crippen MR) is 165 cm³/mol. The Labute approximate surface area is 244 Å². The SMILES string of the molecule is Cc1ccn2nc([C@H](C)Nc3ncnc4[nH]cc(-c5cc(NS(N)(=O)=O)cc6[nH]ccc56)c34)n(-c3ccccc3)c(=O)c12. The van der Waals surface area contributed by atoms with Gasteiger partial charge in [0.25, 0.3) is 15.8 Å². The fourth-order valence-corrected chi connectivity index (χ4v) is 5.95. The number of nitrogens with zero attached hydrogens (tertiary/aromatic N) is 5. The van der Waals surface area contributed by atoms with Crippen LogP contribution < -0.4 is 20.7 Å². The van der Waals surface area contributed by atoms with Crippen LogP contribution in [0.4, 0.5) is 11.5 Å². The number of aryl methyl sites for hydroxylation is 1. The van der Waals surface area contributed by atoms with Crippen molar-refractivity contribution in [3.63, 3.8) is 0 Å². The predicted octanol–water partition coefficient (Wildman–Crippen LogP) is 4.00. The minimum absolute atomic E-state index is 0.184. The topological polar surface area (TPSA) is 181 Å². The largest absolute Gasteiger partial charge is 0.361 e. The van der Waals surface area contributed by atoms with Gasteiger partial charge in [-0.05, 0) is 61.4 Å². The molecular formula is C29H26N10O3S. The first-order valence-electron chi connectivity index (χ1n) is 13.3. The number of aromatic nitrogens is 7. The van der Waals surface area contributed by atoms with Crippen molar-refractivity contribution in [3.8, 4) is 16.8 Å². The van der Waals surface area contributed by atoms with Crippen LogP contribution in [0.2, 0.25) is 0 Å². The molecule has 2 aromatic carbocycles. The van der Waals surface area contributed by atoms with Crippen LogP contribution >= 0.6 is 0 Å². The van der Waals surface area contributed by atoms with Gasteiger partial charge in [-0.1, -0.05) is 18.2 Å². The van der Waals surface area contributed by atoms with E-state index >= 15 is 0 Å². The van der Waals surface area contributed by atoms with Crippen LogP contribution in [0.1, 0.15) is 24.4 Å². The number of H-pyrrole nitrogens is 2. The van der Waals surface area contributed by atoms with Gasteiger partial charge >= 0.3 is 0 Å². The number of nitrogens with two attached hydrogens (primary N) is 1. The van der Waals surface area contributed by atoms with Crippen LogP contribution in [-0.2, 0) is 10.2 Å². The summed E-state index contributed by atoms with van der Waals surface area (Å²) in [5, 5.41) is 15.1. The van der Waals surface area contributed by atoms with Crippen molar-refractivity contribution in [1.82, 2.24) is 34.1 Å². The van der Waals surface area contributed by atoms with Crippen molar-refractivity contribution in [2.24, 2.45) is 5.14 Å². The number of hydrogen-bond acceptors (Lipinski definition) is 7. The Balaban J connectivity index is 1.38. The highest BCUT2D eigenvalue weighted by atomic mass is 32.2. The third kappa shape index (κ3) is 4.58. The van der Waals surface area contributed by atoms with E-state index in [1.165, 1.54) is 6.33 Å². The lowest BCUT2D eigenvalue weighted by molar-refractivity contribution is 0.603. The van der Waals surface area contributed by atoms with E-state index in [4.69, 9.17) is 10.2 Å². The Bertz CT molecular complexity index is 2340. The number of rotatable bonds is 7. The van der Waals surface area contributed by atoms with Crippen molar-refractivity contribution in [2.45, 2.75) is 19.9 Å². The molecule has 0 saturated carbocycles. The van der Waals surface area contributed by atoms with E-state index in [0.29, 0.717) is 45.1 Å². The van der Waals surface area contributed by atoms with E-state index in [-0.39, 0.29) is 5.56 Å². The van der Waals surface area contributed by atoms with E-state index in [2.05, 4.69) is 30.0 Å². The molecule has 7 rings (SSSR count). The zero-order chi connectivity index (χ0) is 29.9. The molecule has 0 radical (unpaired) electrons. The molecule has 7 aromatic rings. The van der Waals surface area contributed by atoms with Gasteiger partial charge in [-0.25, -0.2) is 19.6 Å². The van der Waals surface area contributed by atoms with Gasteiger partial charge in [0.15, 0.2) is 5.82 Å². The molecule has 0 aliphatic rings. The lowest BCUT2D eigenvalue weighted by Crippen LogP contribution is -2.29. The monoisotopic (exact) mass is 594 g/mol. The molecule has 0 unspecified atom stereocenters. The summed E-state index contributed by atoms with van der Waals surface area (Å²) in [7, 11) is -4.00. The van der Waals surface area contributed by atoms with E-state index in [1.54, 1.807) is 39.8 Å². The maximum Gasteiger partial charge on any atom is 0.296 e. The van der Waals surface area contributed by atoms with Crippen LogP contribution in [-0.4, -0.2) is 42.5 Å². The molecule has 0 fully saturated rings.